The monoisotopic (exact) mass is 522 g/mol. The third-order valence-electron chi connectivity index (χ3n) is 8.36. The number of ether oxygens (including phenoxy) is 1. The Hall–Kier alpha value is -1.89. The van der Waals surface area contributed by atoms with E-state index in [-0.39, 0.29) is 0 Å². The number of hydrogen-bond donors (Lipinski definition) is 1. The molecule has 3 aliphatic rings. The van der Waals surface area contributed by atoms with Crippen LogP contribution in [0.3, 0.4) is 0 Å². The summed E-state index contributed by atoms with van der Waals surface area (Å²) in [6, 6.07) is 8.21. The zero-order chi connectivity index (χ0) is 25.5. The van der Waals surface area contributed by atoms with Gasteiger partial charge in [0.1, 0.15) is 6.73 Å². The number of nitrogens with one attached hydrogen (secondary N) is 1. The van der Waals surface area contributed by atoms with E-state index in [1.807, 2.05) is 12.1 Å². The fourth-order valence-electron chi connectivity index (χ4n) is 6.01. The molecular formula is C31H43ClN4O. The molecule has 5 nitrogen and oxygen atoms in total. The van der Waals surface area contributed by atoms with Crippen LogP contribution in [0.2, 0.25) is 5.02 Å². The maximum atomic E-state index is 6.18. The zero-order valence-electron chi connectivity index (χ0n) is 22.4. The number of piperidine rings is 2. The van der Waals surface area contributed by atoms with Gasteiger partial charge in [-0.15, -0.1) is 0 Å². The number of aromatic nitrogens is 1. The summed E-state index contributed by atoms with van der Waals surface area (Å²) in [4.78, 5) is 4.90. The first kappa shape index (κ1) is 26.7. The van der Waals surface area contributed by atoms with E-state index in [0.717, 1.165) is 50.1 Å². The first-order chi connectivity index (χ1) is 18.2. The molecular weight excluding hydrogens is 480 g/mol. The molecule has 0 spiro atoms. The van der Waals surface area contributed by atoms with E-state index in [2.05, 4.69) is 69.4 Å². The van der Waals surface area contributed by atoms with Crippen LogP contribution in [-0.4, -0.2) is 67.6 Å². The quantitative estimate of drug-likeness (QED) is 0.389. The van der Waals surface area contributed by atoms with Gasteiger partial charge in [-0.2, -0.15) is 0 Å². The molecule has 1 aromatic heterocycles. The van der Waals surface area contributed by atoms with E-state index in [0.29, 0.717) is 12.6 Å². The maximum Gasteiger partial charge on any atom is 0.101 e. The first-order valence-corrected chi connectivity index (χ1v) is 14.6. The van der Waals surface area contributed by atoms with Gasteiger partial charge in [0.2, 0.25) is 0 Å². The average Bonchev–Trinajstić information content (AvgIpc) is 3.24. The molecule has 0 unspecified atom stereocenters. The van der Waals surface area contributed by atoms with Crippen molar-refractivity contribution < 1.29 is 4.74 Å². The van der Waals surface area contributed by atoms with Crippen LogP contribution in [-0.2, 0) is 4.74 Å². The summed E-state index contributed by atoms with van der Waals surface area (Å²) in [5, 5.41) is 6.98. The Morgan fingerprint density at radius 2 is 1.78 bits per heavy atom. The van der Waals surface area contributed by atoms with Crippen molar-refractivity contribution >= 4 is 23.8 Å². The van der Waals surface area contributed by atoms with Crippen molar-refractivity contribution in [2.24, 2.45) is 5.92 Å². The van der Waals surface area contributed by atoms with Crippen LogP contribution in [0.15, 0.2) is 42.6 Å². The predicted octanol–water partition coefficient (Wildman–Crippen LogP) is 4.47. The molecule has 3 heterocycles. The van der Waals surface area contributed by atoms with Crippen molar-refractivity contribution in [2.75, 3.05) is 53.2 Å². The van der Waals surface area contributed by atoms with E-state index in [1.165, 1.54) is 67.0 Å². The van der Waals surface area contributed by atoms with E-state index < -0.39 is 0 Å². The SMILES string of the molecule is CN1CCC(CCNCOCN2CCC(c3cn(-c4ccc(Cl)cc4)c4/c3=C\C=C\CC\C=4)CC2)CC1. The van der Waals surface area contributed by atoms with Gasteiger partial charge in [-0.25, -0.2) is 0 Å². The average molecular weight is 523 g/mol. The van der Waals surface area contributed by atoms with E-state index in [1.54, 1.807) is 0 Å². The number of nitrogens with zero attached hydrogens (tertiary/aromatic N) is 3. The van der Waals surface area contributed by atoms with Gasteiger partial charge in [0, 0.05) is 40.6 Å². The van der Waals surface area contributed by atoms with Gasteiger partial charge >= 0.3 is 0 Å². The Kier molecular flexibility index (Phi) is 9.57. The largest absolute Gasteiger partial charge is 0.351 e. The molecule has 1 N–H and O–H groups in total. The second-order valence-electron chi connectivity index (χ2n) is 11.0. The Morgan fingerprint density at radius 1 is 1.00 bits per heavy atom. The molecule has 200 valence electrons. The second-order valence-corrected chi connectivity index (χ2v) is 11.4. The number of rotatable bonds is 9. The van der Waals surface area contributed by atoms with Crippen molar-refractivity contribution in [2.45, 2.75) is 50.9 Å². The summed E-state index contributed by atoms with van der Waals surface area (Å²) in [6.07, 6.45) is 20.1. The smallest absolute Gasteiger partial charge is 0.101 e. The standard InChI is InChI=1S/C31H43ClN4O/c1-34-18-13-25(14-19-34)12-17-33-23-37-24-35-20-15-26(16-21-35)30-22-36(28-10-8-27(32)9-11-28)31-7-5-3-2-4-6-29(30)31/h2,4,6-11,22,25-26,33H,3,5,12-21,23-24H2,1H3/b4-2+,29-6-,31-7+. The zero-order valence-corrected chi connectivity index (χ0v) is 23.1. The van der Waals surface area contributed by atoms with Gasteiger partial charge in [-0.1, -0.05) is 35.9 Å². The van der Waals surface area contributed by atoms with Crippen molar-refractivity contribution in [1.29, 1.82) is 0 Å². The summed E-state index contributed by atoms with van der Waals surface area (Å²) >= 11 is 6.18. The number of likely N-dealkylation sites (tertiary alicyclic amines) is 2. The third-order valence-corrected chi connectivity index (χ3v) is 8.61. The van der Waals surface area contributed by atoms with Crippen molar-refractivity contribution in [1.82, 2.24) is 19.7 Å². The molecule has 0 bridgehead atoms. The number of hydrogen-bond acceptors (Lipinski definition) is 4. The number of halogens is 1. The molecule has 1 aromatic carbocycles. The van der Waals surface area contributed by atoms with Gasteiger partial charge in [0.25, 0.3) is 0 Å². The highest BCUT2D eigenvalue weighted by Gasteiger charge is 2.23. The minimum Gasteiger partial charge on any atom is -0.351 e. The first-order valence-electron chi connectivity index (χ1n) is 14.2. The van der Waals surface area contributed by atoms with Crippen molar-refractivity contribution in [3.8, 4) is 5.69 Å². The summed E-state index contributed by atoms with van der Waals surface area (Å²) in [5.74, 6) is 1.45. The van der Waals surface area contributed by atoms with Crippen LogP contribution in [0.4, 0.5) is 0 Å². The number of benzene rings is 1. The summed E-state index contributed by atoms with van der Waals surface area (Å²) in [6.45, 7) is 7.11. The minimum absolute atomic E-state index is 0.573. The fourth-order valence-corrected chi connectivity index (χ4v) is 6.14. The molecule has 0 amide bonds. The molecule has 6 heteroatoms. The van der Waals surface area contributed by atoms with Crippen molar-refractivity contribution in [3.63, 3.8) is 0 Å². The highest BCUT2D eigenvalue weighted by molar-refractivity contribution is 6.30. The number of fused-ring (bicyclic) bond motifs is 1. The van der Waals surface area contributed by atoms with Gasteiger partial charge in [-0.3, -0.25) is 10.2 Å². The topological polar surface area (TPSA) is 32.7 Å². The molecule has 0 radical (unpaired) electrons. The Labute approximate surface area is 227 Å². The summed E-state index contributed by atoms with van der Waals surface area (Å²) in [5.41, 5.74) is 2.65. The van der Waals surface area contributed by atoms with Crippen LogP contribution < -0.4 is 15.9 Å². The second kappa shape index (κ2) is 13.3. The van der Waals surface area contributed by atoms with E-state index >= 15 is 0 Å². The molecule has 0 atom stereocenters. The highest BCUT2D eigenvalue weighted by atomic mass is 35.5. The maximum absolute atomic E-state index is 6.18. The molecule has 2 saturated heterocycles. The lowest BCUT2D eigenvalue weighted by Crippen LogP contribution is -2.38. The van der Waals surface area contributed by atoms with Crippen molar-refractivity contribution in [3.05, 3.63) is 63.8 Å². The molecule has 1 aliphatic carbocycles. The minimum atomic E-state index is 0.573. The number of allylic oxidation sites excluding steroid dienone is 2. The van der Waals surface area contributed by atoms with Crippen LogP contribution >= 0.6 is 11.6 Å². The van der Waals surface area contributed by atoms with E-state index in [4.69, 9.17) is 16.3 Å². The van der Waals surface area contributed by atoms with Gasteiger partial charge in [0.15, 0.2) is 0 Å². The lowest BCUT2D eigenvalue weighted by Gasteiger charge is -2.31. The molecule has 2 aromatic rings. The highest BCUT2D eigenvalue weighted by Crippen LogP contribution is 2.26. The predicted molar refractivity (Wildman–Crippen MR) is 155 cm³/mol. The van der Waals surface area contributed by atoms with Gasteiger partial charge in [0.05, 0.1) is 6.73 Å². The molecule has 5 rings (SSSR count). The van der Waals surface area contributed by atoms with Crippen LogP contribution in [0, 0.1) is 5.92 Å². The summed E-state index contributed by atoms with van der Waals surface area (Å²) < 4.78 is 8.35. The molecule has 37 heavy (non-hydrogen) atoms. The molecule has 2 aliphatic heterocycles. The van der Waals surface area contributed by atoms with Crippen LogP contribution in [0.25, 0.3) is 17.8 Å². The lowest BCUT2D eigenvalue weighted by molar-refractivity contribution is 0.00737. The fraction of sp³-hybridized carbons (Fsp3) is 0.548. The van der Waals surface area contributed by atoms with Crippen LogP contribution in [0.5, 0.6) is 0 Å². The summed E-state index contributed by atoms with van der Waals surface area (Å²) in [7, 11) is 2.23. The lowest BCUT2D eigenvalue weighted by atomic mass is 9.90. The Bertz CT molecular complexity index is 1140. The van der Waals surface area contributed by atoms with Crippen LogP contribution in [0.1, 0.15) is 56.4 Å². The van der Waals surface area contributed by atoms with E-state index in [9.17, 15) is 0 Å². The third kappa shape index (κ3) is 7.15. The van der Waals surface area contributed by atoms with Gasteiger partial charge < -0.3 is 14.2 Å². The Morgan fingerprint density at radius 3 is 2.57 bits per heavy atom. The Balaban J connectivity index is 1.13. The normalized spacial score (nSPS) is 22.9. The van der Waals surface area contributed by atoms with Gasteiger partial charge in [-0.05, 0) is 113 Å². The molecule has 0 saturated carbocycles. The molecule has 2 fully saturated rings.